The zero-order chi connectivity index (χ0) is 24.0. The lowest BCUT2D eigenvalue weighted by Crippen LogP contribution is -2.22. The van der Waals surface area contributed by atoms with Crippen LogP contribution in [0.15, 0.2) is 54.6 Å². The summed E-state index contributed by atoms with van der Waals surface area (Å²) < 4.78 is 5.11. The zero-order valence-corrected chi connectivity index (χ0v) is 18.7. The van der Waals surface area contributed by atoms with Crippen molar-refractivity contribution in [3.63, 3.8) is 0 Å². The summed E-state index contributed by atoms with van der Waals surface area (Å²) in [5.74, 6) is -1.62. The van der Waals surface area contributed by atoms with Gasteiger partial charge in [-0.3, -0.25) is 19.7 Å². The summed E-state index contributed by atoms with van der Waals surface area (Å²) in [6, 6.07) is 14.4. The molecule has 2 N–H and O–H groups in total. The summed E-state index contributed by atoms with van der Waals surface area (Å²) in [5.41, 5.74) is 1.42. The van der Waals surface area contributed by atoms with E-state index >= 15 is 0 Å². The lowest BCUT2D eigenvalue weighted by Gasteiger charge is -2.07. The fourth-order valence-corrected chi connectivity index (χ4v) is 4.14. The van der Waals surface area contributed by atoms with Crippen LogP contribution in [0.25, 0.3) is 0 Å². The first-order chi connectivity index (χ1) is 15.8. The van der Waals surface area contributed by atoms with E-state index in [0.29, 0.717) is 12.1 Å². The van der Waals surface area contributed by atoms with E-state index in [1.54, 1.807) is 13.8 Å². The Morgan fingerprint density at radius 1 is 1.03 bits per heavy atom. The molecule has 0 radical (unpaired) electrons. The van der Waals surface area contributed by atoms with Crippen LogP contribution in [0, 0.1) is 17.0 Å². The van der Waals surface area contributed by atoms with Gasteiger partial charge in [-0.2, -0.15) is 0 Å². The number of benzene rings is 2. The summed E-state index contributed by atoms with van der Waals surface area (Å²) in [6.07, 6.45) is 0. The average molecular weight is 468 g/mol. The van der Waals surface area contributed by atoms with E-state index in [0.717, 1.165) is 16.9 Å². The van der Waals surface area contributed by atoms with E-state index in [9.17, 15) is 24.5 Å². The number of esters is 1. The smallest absolute Gasteiger partial charge is 0.341 e. The highest BCUT2D eigenvalue weighted by Crippen LogP contribution is 2.34. The van der Waals surface area contributed by atoms with Crippen molar-refractivity contribution in [1.29, 1.82) is 0 Å². The SMILES string of the molecule is CCOC(=O)c1c(NC(=O)c2ccc([N+](=O)[O-])cc2)sc(C(=O)NCc2ccccc2)c1C. The van der Waals surface area contributed by atoms with Crippen LogP contribution in [0.5, 0.6) is 0 Å². The Morgan fingerprint density at radius 3 is 2.30 bits per heavy atom. The van der Waals surface area contributed by atoms with Gasteiger partial charge in [-0.15, -0.1) is 11.3 Å². The Kier molecular flexibility index (Phi) is 7.52. The highest BCUT2D eigenvalue weighted by Gasteiger charge is 2.27. The number of thiophene rings is 1. The molecule has 0 saturated carbocycles. The van der Waals surface area contributed by atoms with Gasteiger partial charge in [0.15, 0.2) is 0 Å². The van der Waals surface area contributed by atoms with Gasteiger partial charge in [0.2, 0.25) is 0 Å². The minimum atomic E-state index is -0.660. The van der Waals surface area contributed by atoms with Crippen LogP contribution in [0.2, 0.25) is 0 Å². The molecular formula is C23H21N3O6S. The summed E-state index contributed by atoms with van der Waals surface area (Å²) in [7, 11) is 0. The summed E-state index contributed by atoms with van der Waals surface area (Å²) in [4.78, 5) is 48.6. The molecular weight excluding hydrogens is 446 g/mol. The van der Waals surface area contributed by atoms with Crippen molar-refractivity contribution in [2.75, 3.05) is 11.9 Å². The predicted molar refractivity (Wildman–Crippen MR) is 124 cm³/mol. The summed E-state index contributed by atoms with van der Waals surface area (Å²) >= 11 is 0.962. The molecule has 0 aliphatic carbocycles. The van der Waals surface area contributed by atoms with Crippen LogP contribution < -0.4 is 10.6 Å². The van der Waals surface area contributed by atoms with Crippen LogP contribution in [-0.4, -0.2) is 29.3 Å². The van der Waals surface area contributed by atoms with Crippen molar-refractivity contribution in [2.45, 2.75) is 20.4 Å². The summed E-state index contributed by atoms with van der Waals surface area (Å²) in [5, 5.41) is 16.4. The lowest BCUT2D eigenvalue weighted by molar-refractivity contribution is -0.384. The maximum atomic E-state index is 12.8. The number of amides is 2. The second-order valence-electron chi connectivity index (χ2n) is 6.91. The van der Waals surface area contributed by atoms with Crippen LogP contribution in [0.3, 0.4) is 0 Å². The highest BCUT2D eigenvalue weighted by molar-refractivity contribution is 7.18. The van der Waals surface area contributed by atoms with E-state index in [1.807, 2.05) is 30.3 Å². The van der Waals surface area contributed by atoms with Gasteiger partial charge in [0.25, 0.3) is 17.5 Å². The molecule has 33 heavy (non-hydrogen) atoms. The standard InChI is InChI=1S/C23H21N3O6S/c1-3-32-23(29)18-14(2)19(21(28)24-13-15-7-5-4-6-8-15)33-22(18)25-20(27)16-9-11-17(12-10-16)26(30)31/h4-12H,3,13H2,1-2H3,(H,24,28)(H,25,27). The van der Waals surface area contributed by atoms with Gasteiger partial charge in [-0.05, 0) is 37.1 Å². The van der Waals surface area contributed by atoms with Gasteiger partial charge in [0.1, 0.15) is 5.00 Å². The molecule has 9 nitrogen and oxygen atoms in total. The van der Waals surface area contributed by atoms with Gasteiger partial charge < -0.3 is 15.4 Å². The zero-order valence-electron chi connectivity index (χ0n) is 17.9. The molecule has 0 aliphatic rings. The molecule has 0 atom stereocenters. The van der Waals surface area contributed by atoms with E-state index in [4.69, 9.17) is 4.74 Å². The minimum absolute atomic E-state index is 0.0990. The largest absolute Gasteiger partial charge is 0.462 e. The second kappa shape index (κ2) is 10.5. The van der Waals surface area contributed by atoms with Crippen molar-refractivity contribution in [3.05, 3.63) is 91.8 Å². The van der Waals surface area contributed by atoms with Crippen molar-refractivity contribution in [2.24, 2.45) is 0 Å². The Bertz CT molecular complexity index is 1190. The molecule has 170 valence electrons. The fraction of sp³-hybridized carbons (Fsp3) is 0.174. The molecule has 0 aliphatic heterocycles. The second-order valence-corrected chi connectivity index (χ2v) is 7.93. The monoisotopic (exact) mass is 467 g/mol. The molecule has 2 amide bonds. The topological polar surface area (TPSA) is 128 Å². The molecule has 10 heteroatoms. The number of hydrogen-bond donors (Lipinski definition) is 2. The Hall–Kier alpha value is -4.05. The van der Waals surface area contributed by atoms with E-state index in [-0.39, 0.29) is 39.2 Å². The lowest BCUT2D eigenvalue weighted by atomic mass is 10.1. The van der Waals surface area contributed by atoms with Crippen LogP contribution in [0.1, 0.15) is 48.4 Å². The molecule has 1 aromatic heterocycles. The molecule has 0 bridgehead atoms. The number of nitro groups is 1. The summed E-state index contributed by atoms with van der Waals surface area (Å²) in [6.45, 7) is 3.69. The first-order valence-corrected chi connectivity index (χ1v) is 10.8. The number of non-ortho nitro benzene ring substituents is 1. The van der Waals surface area contributed by atoms with Gasteiger partial charge in [0, 0.05) is 24.2 Å². The average Bonchev–Trinajstić information content (AvgIpc) is 3.14. The van der Waals surface area contributed by atoms with Crippen LogP contribution in [0.4, 0.5) is 10.7 Å². The third-order valence-electron chi connectivity index (χ3n) is 4.70. The van der Waals surface area contributed by atoms with Crippen molar-refractivity contribution < 1.29 is 24.0 Å². The number of nitrogens with one attached hydrogen (secondary N) is 2. The van der Waals surface area contributed by atoms with Gasteiger partial charge in [-0.1, -0.05) is 30.3 Å². The molecule has 0 fully saturated rings. The fourth-order valence-electron chi connectivity index (χ4n) is 3.04. The van der Waals surface area contributed by atoms with Gasteiger partial charge in [0.05, 0.1) is 22.0 Å². The van der Waals surface area contributed by atoms with Gasteiger partial charge >= 0.3 is 5.97 Å². The van der Waals surface area contributed by atoms with E-state index in [1.165, 1.54) is 24.3 Å². The van der Waals surface area contributed by atoms with Crippen molar-refractivity contribution >= 4 is 39.8 Å². The van der Waals surface area contributed by atoms with Gasteiger partial charge in [-0.25, -0.2) is 4.79 Å². The molecule has 2 aromatic carbocycles. The number of rotatable bonds is 8. The molecule has 0 spiro atoms. The number of carbonyl (C=O) groups excluding carboxylic acids is 3. The molecule has 1 heterocycles. The van der Waals surface area contributed by atoms with Crippen molar-refractivity contribution in [3.8, 4) is 0 Å². The van der Waals surface area contributed by atoms with E-state index in [2.05, 4.69) is 10.6 Å². The molecule has 3 rings (SSSR count). The molecule has 3 aromatic rings. The normalized spacial score (nSPS) is 10.4. The predicted octanol–water partition coefficient (Wildman–Crippen LogP) is 4.32. The number of carbonyl (C=O) groups is 3. The van der Waals surface area contributed by atoms with Crippen LogP contribution >= 0.6 is 11.3 Å². The Labute approximate surface area is 193 Å². The Balaban J connectivity index is 1.86. The third-order valence-corrected chi connectivity index (χ3v) is 5.90. The van der Waals surface area contributed by atoms with E-state index < -0.39 is 16.8 Å². The molecule has 0 saturated heterocycles. The first kappa shape index (κ1) is 23.6. The quantitative estimate of drug-likeness (QED) is 0.288. The first-order valence-electron chi connectivity index (χ1n) is 10.00. The number of nitro benzene ring substituents is 1. The maximum Gasteiger partial charge on any atom is 0.341 e. The minimum Gasteiger partial charge on any atom is -0.462 e. The third kappa shape index (κ3) is 5.60. The highest BCUT2D eigenvalue weighted by atomic mass is 32.1. The van der Waals surface area contributed by atoms with Crippen LogP contribution in [-0.2, 0) is 11.3 Å². The molecule has 0 unspecified atom stereocenters. The maximum absolute atomic E-state index is 12.8. The number of ether oxygens (including phenoxy) is 1. The number of anilines is 1. The number of hydrogen-bond acceptors (Lipinski definition) is 7. The Morgan fingerprint density at radius 2 is 1.70 bits per heavy atom. The van der Waals surface area contributed by atoms with Crippen molar-refractivity contribution in [1.82, 2.24) is 5.32 Å². The number of nitrogens with zero attached hydrogens (tertiary/aromatic N) is 1.